The Kier molecular flexibility index (Phi) is 5.41. The first kappa shape index (κ1) is 14.9. The Morgan fingerprint density at radius 3 is 3.00 bits per heavy atom. The standard InChI is InChI=1S/C16H24N2O2/c1-3-17-13(2)7-6-11-18-14-8-4-5-9-15(14)20-12-10-16(18)19/h4-5,8-9,13,17H,3,6-7,10-12H2,1-2H3. The smallest absolute Gasteiger partial charge is 0.230 e. The molecule has 0 aliphatic carbocycles. The Labute approximate surface area is 121 Å². The molecule has 1 aliphatic heterocycles. The van der Waals surface area contributed by atoms with Gasteiger partial charge in [0.1, 0.15) is 5.75 Å². The summed E-state index contributed by atoms with van der Waals surface area (Å²) >= 11 is 0. The van der Waals surface area contributed by atoms with Crippen molar-refractivity contribution in [3.8, 4) is 5.75 Å². The molecule has 1 amide bonds. The number of benzene rings is 1. The summed E-state index contributed by atoms with van der Waals surface area (Å²) in [6, 6.07) is 8.29. The highest BCUT2D eigenvalue weighted by molar-refractivity contribution is 5.95. The van der Waals surface area contributed by atoms with E-state index in [4.69, 9.17) is 4.74 Å². The third-order valence-corrected chi connectivity index (χ3v) is 3.60. The summed E-state index contributed by atoms with van der Waals surface area (Å²) in [6.07, 6.45) is 2.52. The van der Waals surface area contributed by atoms with Crippen LogP contribution in [0.3, 0.4) is 0 Å². The highest BCUT2D eigenvalue weighted by Gasteiger charge is 2.22. The lowest BCUT2D eigenvalue weighted by atomic mass is 10.1. The van der Waals surface area contributed by atoms with Crippen LogP contribution in [-0.2, 0) is 4.79 Å². The van der Waals surface area contributed by atoms with Gasteiger partial charge in [-0.3, -0.25) is 4.79 Å². The normalized spacial score (nSPS) is 16.3. The summed E-state index contributed by atoms with van der Waals surface area (Å²) < 4.78 is 5.64. The van der Waals surface area contributed by atoms with Crippen molar-refractivity contribution in [2.24, 2.45) is 0 Å². The fourth-order valence-corrected chi connectivity index (χ4v) is 2.57. The maximum Gasteiger partial charge on any atom is 0.230 e. The second-order valence-corrected chi connectivity index (χ2v) is 5.21. The number of anilines is 1. The molecular formula is C16H24N2O2. The molecule has 0 saturated carbocycles. The van der Waals surface area contributed by atoms with Gasteiger partial charge in [0.25, 0.3) is 0 Å². The van der Waals surface area contributed by atoms with Gasteiger partial charge < -0.3 is 15.0 Å². The number of carbonyl (C=O) groups excluding carboxylic acids is 1. The van der Waals surface area contributed by atoms with Gasteiger partial charge in [-0.2, -0.15) is 0 Å². The second kappa shape index (κ2) is 7.29. The molecule has 1 N–H and O–H groups in total. The summed E-state index contributed by atoms with van der Waals surface area (Å²) in [4.78, 5) is 14.1. The molecule has 1 aromatic carbocycles. The largest absolute Gasteiger partial charge is 0.491 e. The van der Waals surface area contributed by atoms with Crippen molar-refractivity contribution in [3.05, 3.63) is 24.3 Å². The van der Waals surface area contributed by atoms with Gasteiger partial charge in [0, 0.05) is 12.6 Å². The molecular weight excluding hydrogens is 252 g/mol. The van der Waals surface area contributed by atoms with Crippen LogP contribution in [-0.4, -0.2) is 31.6 Å². The quantitative estimate of drug-likeness (QED) is 0.868. The number of nitrogens with one attached hydrogen (secondary N) is 1. The molecule has 1 heterocycles. The van der Waals surface area contributed by atoms with Crippen LogP contribution in [0.2, 0.25) is 0 Å². The van der Waals surface area contributed by atoms with Crippen molar-refractivity contribution < 1.29 is 9.53 Å². The van der Waals surface area contributed by atoms with Gasteiger partial charge >= 0.3 is 0 Å². The zero-order chi connectivity index (χ0) is 14.4. The molecule has 0 fully saturated rings. The fraction of sp³-hybridized carbons (Fsp3) is 0.562. The number of ether oxygens (including phenoxy) is 1. The molecule has 2 rings (SSSR count). The summed E-state index contributed by atoms with van der Waals surface area (Å²) in [5, 5.41) is 3.40. The number of carbonyl (C=O) groups is 1. The summed E-state index contributed by atoms with van der Waals surface area (Å²) in [7, 11) is 0. The molecule has 0 bridgehead atoms. The van der Waals surface area contributed by atoms with Crippen molar-refractivity contribution in [1.29, 1.82) is 0 Å². The van der Waals surface area contributed by atoms with E-state index in [1.54, 1.807) is 0 Å². The third kappa shape index (κ3) is 3.73. The molecule has 1 unspecified atom stereocenters. The Balaban J connectivity index is 2.00. The first-order valence-corrected chi connectivity index (χ1v) is 7.48. The Morgan fingerprint density at radius 1 is 1.40 bits per heavy atom. The van der Waals surface area contributed by atoms with Gasteiger partial charge in [-0.15, -0.1) is 0 Å². The van der Waals surface area contributed by atoms with Gasteiger partial charge in [-0.05, 0) is 38.4 Å². The van der Waals surface area contributed by atoms with E-state index < -0.39 is 0 Å². The van der Waals surface area contributed by atoms with Crippen LogP contribution in [0, 0.1) is 0 Å². The molecule has 1 aromatic rings. The molecule has 0 radical (unpaired) electrons. The predicted molar refractivity (Wildman–Crippen MR) is 81.3 cm³/mol. The van der Waals surface area contributed by atoms with Crippen LogP contribution >= 0.6 is 0 Å². The summed E-state index contributed by atoms with van der Waals surface area (Å²) in [6.45, 7) is 6.52. The SMILES string of the molecule is CCNC(C)CCCN1C(=O)CCOc2ccccc21. The molecule has 4 nitrogen and oxygen atoms in total. The lowest BCUT2D eigenvalue weighted by Gasteiger charge is -2.22. The number of hydrogen-bond donors (Lipinski definition) is 1. The van der Waals surface area contributed by atoms with E-state index >= 15 is 0 Å². The Morgan fingerprint density at radius 2 is 2.20 bits per heavy atom. The van der Waals surface area contributed by atoms with Gasteiger partial charge in [0.15, 0.2) is 0 Å². The van der Waals surface area contributed by atoms with Crippen molar-refractivity contribution in [2.45, 2.75) is 39.2 Å². The fourth-order valence-electron chi connectivity index (χ4n) is 2.57. The second-order valence-electron chi connectivity index (χ2n) is 5.21. The lowest BCUT2D eigenvalue weighted by Crippen LogP contribution is -2.33. The first-order chi connectivity index (χ1) is 9.72. The van der Waals surface area contributed by atoms with E-state index in [0.29, 0.717) is 19.1 Å². The van der Waals surface area contributed by atoms with Crippen LogP contribution in [0.15, 0.2) is 24.3 Å². The molecule has 1 aliphatic rings. The molecule has 0 spiro atoms. The topological polar surface area (TPSA) is 41.6 Å². The highest BCUT2D eigenvalue weighted by atomic mass is 16.5. The van der Waals surface area contributed by atoms with Gasteiger partial charge in [-0.1, -0.05) is 19.1 Å². The minimum absolute atomic E-state index is 0.158. The Bertz CT molecular complexity index is 448. The highest BCUT2D eigenvalue weighted by Crippen LogP contribution is 2.31. The van der Waals surface area contributed by atoms with Crippen LogP contribution in [0.1, 0.15) is 33.1 Å². The van der Waals surface area contributed by atoms with Crippen molar-refractivity contribution in [1.82, 2.24) is 5.32 Å². The maximum atomic E-state index is 12.2. The van der Waals surface area contributed by atoms with E-state index in [0.717, 1.165) is 37.4 Å². The zero-order valence-electron chi connectivity index (χ0n) is 12.4. The molecule has 0 saturated heterocycles. The molecule has 1 atom stereocenters. The number of amides is 1. The van der Waals surface area contributed by atoms with E-state index in [-0.39, 0.29) is 5.91 Å². The van der Waals surface area contributed by atoms with Gasteiger partial charge in [0.05, 0.1) is 18.7 Å². The molecule has 110 valence electrons. The predicted octanol–water partition coefficient (Wildman–Crippen LogP) is 2.58. The van der Waals surface area contributed by atoms with E-state index in [1.807, 2.05) is 29.2 Å². The minimum Gasteiger partial charge on any atom is -0.491 e. The van der Waals surface area contributed by atoms with Crippen LogP contribution in [0.4, 0.5) is 5.69 Å². The van der Waals surface area contributed by atoms with E-state index in [2.05, 4.69) is 19.2 Å². The third-order valence-electron chi connectivity index (χ3n) is 3.60. The molecule has 4 heteroatoms. The summed E-state index contributed by atoms with van der Waals surface area (Å²) in [5.41, 5.74) is 0.908. The van der Waals surface area contributed by atoms with Crippen LogP contribution < -0.4 is 15.0 Å². The zero-order valence-corrected chi connectivity index (χ0v) is 12.4. The number of rotatable bonds is 6. The number of fused-ring (bicyclic) bond motifs is 1. The number of para-hydroxylation sites is 2. The van der Waals surface area contributed by atoms with E-state index in [9.17, 15) is 4.79 Å². The maximum absolute atomic E-state index is 12.2. The first-order valence-electron chi connectivity index (χ1n) is 7.48. The van der Waals surface area contributed by atoms with Gasteiger partial charge in [-0.25, -0.2) is 0 Å². The van der Waals surface area contributed by atoms with Crippen LogP contribution in [0.5, 0.6) is 5.75 Å². The minimum atomic E-state index is 0.158. The van der Waals surface area contributed by atoms with Gasteiger partial charge in [0.2, 0.25) is 5.91 Å². The lowest BCUT2D eigenvalue weighted by molar-refractivity contribution is -0.118. The Hall–Kier alpha value is -1.55. The average Bonchev–Trinajstić information content (AvgIpc) is 2.59. The van der Waals surface area contributed by atoms with Crippen molar-refractivity contribution in [2.75, 3.05) is 24.6 Å². The number of nitrogens with zero attached hydrogens (tertiary/aromatic N) is 1. The number of hydrogen-bond acceptors (Lipinski definition) is 3. The molecule has 0 aromatic heterocycles. The van der Waals surface area contributed by atoms with E-state index in [1.165, 1.54) is 0 Å². The average molecular weight is 276 g/mol. The van der Waals surface area contributed by atoms with Crippen molar-refractivity contribution in [3.63, 3.8) is 0 Å². The summed E-state index contributed by atoms with van der Waals surface area (Å²) in [5.74, 6) is 0.976. The molecule has 20 heavy (non-hydrogen) atoms. The van der Waals surface area contributed by atoms with Crippen LogP contribution in [0.25, 0.3) is 0 Å². The van der Waals surface area contributed by atoms with Crippen molar-refractivity contribution >= 4 is 11.6 Å². The monoisotopic (exact) mass is 276 g/mol.